The number of rotatable bonds is 10. The summed E-state index contributed by atoms with van der Waals surface area (Å²) < 4.78 is 38.7. The van der Waals surface area contributed by atoms with Crippen LogP contribution in [-0.4, -0.2) is 59.2 Å². The van der Waals surface area contributed by atoms with Crippen molar-refractivity contribution in [1.29, 1.82) is 0 Å². The molecule has 0 bridgehead atoms. The maximum Gasteiger partial charge on any atom is 0.270 e. The zero-order valence-corrected chi connectivity index (χ0v) is 21.6. The van der Waals surface area contributed by atoms with Gasteiger partial charge in [0.2, 0.25) is 0 Å². The van der Waals surface area contributed by atoms with Crippen LogP contribution in [0.2, 0.25) is 0 Å². The van der Waals surface area contributed by atoms with E-state index in [4.69, 9.17) is 19.7 Å². The van der Waals surface area contributed by atoms with Gasteiger partial charge in [0.05, 0.1) is 42.9 Å². The zero-order valence-electron chi connectivity index (χ0n) is 21.6. The van der Waals surface area contributed by atoms with E-state index >= 15 is 0 Å². The fourth-order valence-corrected chi connectivity index (χ4v) is 4.26. The fourth-order valence-electron chi connectivity index (χ4n) is 4.26. The van der Waals surface area contributed by atoms with Gasteiger partial charge in [0, 0.05) is 24.8 Å². The number of ether oxygens (including phenoxy) is 1. The molecule has 1 saturated heterocycles. The molecule has 1 aliphatic rings. The van der Waals surface area contributed by atoms with Gasteiger partial charge >= 0.3 is 0 Å². The Labute approximate surface area is 224 Å². The number of alkyl halides is 1. The van der Waals surface area contributed by atoms with E-state index in [9.17, 15) is 8.78 Å². The smallest absolute Gasteiger partial charge is 0.270 e. The Morgan fingerprint density at radius 1 is 1.18 bits per heavy atom. The van der Waals surface area contributed by atoms with Crippen LogP contribution in [0.25, 0.3) is 34.3 Å². The number of halogens is 2. The summed E-state index contributed by atoms with van der Waals surface area (Å²) in [6, 6.07) is 12.1. The standard InChI is InChI=1S/C27H29F2N7O3/c1-16(12-28)31-13-17-3-8-21(22(29)11-17)26-34-35-27(39-26)24-25(30)32-14-23(33-24)18-4-6-19(7-5-18)36(37-2)20-9-10-38-15-20/h3-8,11,14,16,20,31H,9-10,12-13,15H2,1-2H3,(H2,30,32). The number of nitrogens with two attached hydrogens (primary N) is 1. The van der Waals surface area contributed by atoms with Crippen molar-refractivity contribution in [2.24, 2.45) is 0 Å². The lowest BCUT2D eigenvalue weighted by atomic mass is 10.1. The Hall–Kier alpha value is -4.00. The van der Waals surface area contributed by atoms with Crippen molar-refractivity contribution in [3.8, 4) is 34.3 Å². The number of hydrogen-bond acceptors (Lipinski definition) is 10. The molecule has 12 heteroatoms. The summed E-state index contributed by atoms with van der Waals surface area (Å²) >= 11 is 0. The molecule has 39 heavy (non-hydrogen) atoms. The molecule has 1 fully saturated rings. The van der Waals surface area contributed by atoms with E-state index < -0.39 is 12.5 Å². The van der Waals surface area contributed by atoms with Crippen LogP contribution in [0.5, 0.6) is 0 Å². The van der Waals surface area contributed by atoms with Gasteiger partial charge in [-0.25, -0.2) is 23.8 Å². The average molecular weight is 538 g/mol. The molecule has 3 heterocycles. The number of hydrogen-bond donors (Lipinski definition) is 2. The van der Waals surface area contributed by atoms with Gasteiger partial charge in [0.25, 0.3) is 11.8 Å². The highest BCUT2D eigenvalue weighted by Crippen LogP contribution is 2.30. The summed E-state index contributed by atoms with van der Waals surface area (Å²) in [5.74, 6) is -0.450. The van der Waals surface area contributed by atoms with Crippen LogP contribution in [-0.2, 0) is 16.1 Å². The average Bonchev–Trinajstić information content (AvgIpc) is 3.66. The lowest BCUT2D eigenvalue weighted by molar-refractivity contribution is 0.124. The van der Waals surface area contributed by atoms with E-state index in [1.165, 1.54) is 12.1 Å². The molecule has 204 valence electrons. The minimum absolute atomic E-state index is 0.0159. The highest BCUT2D eigenvalue weighted by molar-refractivity contribution is 5.70. The van der Waals surface area contributed by atoms with Crippen LogP contribution in [0.15, 0.2) is 53.1 Å². The van der Waals surface area contributed by atoms with Gasteiger partial charge in [-0.3, -0.25) is 4.84 Å². The van der Waals surface area contributed by atoms with Crippen molar-refractivity contribution < 1.29 is 22.8 Å². The monoisotopic (exact) mass is 537 g/mol. The topological polar surface area (TPSA) is 124 Å². The molecule has 2 aromatic carbocycles. The molecule has 1 aliphatic heterocycles. The van der Waals surface area contributed by atoms with Gasteiger partial charge in [-0.2, -0.15) is 0 Å². The summed E-state index contributed by atoms with van der Waals surface area (Å²) in [5, 5.41) is 12.8. The minimum atomic E-state index is -0.542. The van der Waals surface area contributed by atoms with Gasteiger partial charge < -0.3 is 20.2 Å². The van der Waals surface area contributed by atoms with Crippen LogP contribution < -0.4 is 16.1 Å². The van der Waals surface area contributed by atoms with Crippen LogP contribution in [0.4, 0.5) is 20.3 Å². The number of hydroxylamine groups is 1. The fraction of sp³-hybridized carbons (Fsp3) is 0.333. The van der Waals surface area contributed by atoms with Crippen molar-refractivity contribution in [2.75, 3.05) is 37.8 Å². The maximum absolute atomic E-state index is 14.8. The van der Waals surface area contributed by atoms with Crippen molar-refractivity contribution in [3.63, 3.8) is 0 Å². The Balaban J connectivity index is 1.35. The molecule has 0 aliphatic carbocycles. The largest absolute Gasteiger partial charge is 0.414 e. The molecule has 0 amide bonds. The molecule has 0 saturated carbocycles. The van der Waals surface area contributed by atoms with Crippen molar-refractivity contribution in [3.05, 3.63) is 60.0 Å². The lowest BCUT2D eigenvalue weighted by Gasteiger charge is -2.27. The Morgan fingerprint density at radius 3 is 2.67 bits per heavy atom. The van der Waals surface area contributed by atoms with Gasteiger partial charge in [-0.1, -0.05) is 18.2 Å². The first-order chi connectivity index (χ1) is 19.0. The lowest BCUT2D eigenvalue weighted by Crippen LogP contribution is -2.34. The number of nitrogens with one attached hydrogen (secondary N) is 1. The Morgan fingerprint density at radius 2 is 1.97 bits per heavy atom. The highest BCUT2D eigenvalue weighted by atomic mass is 19.1. The third-order valence-corrected chi connectivity index (χ3v) is 6.43. The molecule has 2 unspecified atom stereocenters. The second-order valence-electron chi connectivity index (χ2n) is 9.22. The quantitative estimate of drug-likeness (QED) is 0.285. The molecule has 0 radical (unpaired) electrons. The second kappa shape index (κ2) is 11.8. The van der Waals surface area contributed by atoms with Gasteiger partial charge in [-0.05, 0) is 43.2 Å². The van der Waals surface area contributed by atoms with Crippen LogP contribution in [0.3, 0.4) is 0 Å². The summed E-state index contributed by atoms with van der Waals surface area (Å²) in [7, 11) is 1.63. The minimum Gasteiger partial charge on any atom is -0.414 e. The summed E-state index contributed by atoms with van der Waals surface area (Å²) in [5.41, 5.74) is 9.29. The third-order valence-electron chi connectivity index (χ3n) is 6.43. The first-order valence-electron chi connectivity index (χ1n) is 12.5. The molecular formula is C27H29F2N7O3. The summed E-state index contributed by atoms with van der Waals surface area (Å²) in [6.07, 6.45) is 2.44. The molecule has 2 aromatic heterocycles. The molecule has 2 atom stereocenters. The second-order valence-corrected chi connectivity index (χ2v) is 9.22. The third kappa shape index (κ3) is 5.87. The normalized spacial score (nSPS) is 15.9. The number of nitrogens with zero attached hydrogens (tertiary/aromatic N) is 5. The van der Waals surface area contributed by atoms with Crippen LogP contribution in [0.1, 0.15) is 18.9 Å². The summed E-state index contributed by atoms with van der Waals surface area (Å²) in [6.45, 7) is 2.85. The molecule has 4 aromatic rings. The Bertz CT molecular complexity index is 1410. The molecular weight excluding hydrogens is 508 g/mol. The van der Waals surface area contributed by atoms with Crippen LogP contribution in [0, 0.1) is 5.82 Å². The molecule has 10 nitrogen and oxygen atoms in total. The van der Waals surface area contributed by atoms with E-state index in [-0.39, 0.29) is 40.9 Å². The molecule has 3 N–H and O–H groups in total. The first kappa shape index (κ1) is 26.6. The maximum atomic E-state index is 14.8. The SMILES string of the molecule is CON(c1ccc(-c2cnc(N)c(-c3nnc(-c4ccc(CNC(C)CF)cc4F)o3)n2)cc1)C1CCOC1. The van der Waals surface area contributed by atoms with Crippen molar-refractivity contribution in [1.82, 2.24) is 25.5 Å². The van der Waals surface area contributed by atoms with Crippen molar-refractivity contribution >= 4 is 11.5 Å². The van der Waals surface area contributed by atoms with Gasteiger partial charge in [0.1, 0.15) is 12.5 Å². The van der Waals surface area contributed by atoms with Gasteiger partial charge in [-0.15, -0.1) is 10.2 Å². The van der Waals surface area contributed by atoms with E-state index in [0.29, 0.717) is 31.0 Å². The number of nitrogen functional groups attached to an aromatic ring is 1. The summed E-state index contributed by atoms with van der Waals surface area (Å²) in [4.78, 5) is 14.4. The molecule has 0 spiro atoms. The van der Waals surface area contributed by atoms with E-state index in [1.807, 2.05) is 29.3 Å². The van der Waals surface area contributed by atoms with Gasteiger partial charge in [0.15, 0.2) is 11.5 Å². The highest BCUT2D eigenvalue weighted by Gasteiger charge is 2.24. The van der Waals surface area contributed by atoms with Crippen LogP contribution >= 0.6 is 0 Å². The first-order valence-corrected chi connectivity index (χ1v) is 12.5. The van der Waals surface area contributed by atoms with E-state index in [1.54, 1.807) is 26.3 Å². The number of anilines is 2. The Kier molecular flexibility index (Phi) is 8.05. The zero-order chi connectivity index (χ0) is 27.4. The van der Waals surface area contributed by atoms with E-state index in [2.05, 4.69) is 25.5 Å². The number of aromatic nitrogens is 4. The predicted molar refractivity (Wildman–Crippen MR) is 142 cm³/mol. The van der Waals surface area contributed by atoms with Crippen molar-refractivity contribution in [2.45, 2.75) is 32.0 Å². The van der Waals surface area contributed by atoms with E-state index in [0.717, 1.165) is 17.7 Å². The predicted octanol–water partition coefficient (Wildman–Crippen LogP) is 4.19. The molecule has 5 rings (SSSR count). The number of benzene rings is 2.